The van der Waals surface area contributed by atoms with E-state index in [0.717, 1.165) is 36.0 Å². The van der Waals surface area contributed by atoms with Gasteiger partial charge in [-0.05, 0) is 44.1 Å². The Morgan fingerprint density at radius 3 is 2.67 bits per heavy atom. The molecule has 0 aliphatic carbocycles. The van der Waals surface area contributed by atoms with Crippen LogP contribution >= 0.6 is 0 Å². The SMILES string of the molecule is CN1CCCCCC1C(=O)NCc1ccc2c(c1)n(C)c(=O)n2C. The predicted molar refractivity (Wildman–Crippen MR) is 94.9 cm³/mol. The van der Waals surface area contributed by atoms with Gasteiger partial charge in [0, 0.05) is 20.6 Å². The third-order valence-electron chi connectivity index (χ3n) is 5.13. The van der Waals surface area contributed by atoms with Gasteiger partial charge in [0.25, 0.3) is 0 Å². The van der Waals surface area contributed by atoms with E-state index in [1.165, 1.54) is 12.8 Å². The van der Waals surface area contributed by atoms with Gasteiger partial charge >= 0.3 is 5.69 Å². The minimum Gasteiger partial charge on any atom is -0.351 e. The van der Waals surface area contributed by atoms with E-state index in [-0.39, 0.29) is 17.6 Å². The molecule has 130 valence electrons. The van der Waals surface area contributed by atoms with Crippen LogP contribution in [-0.4, -0.2) is 39.6 Å². The molecule has 24 heavy (non-hydrogen) atoms. The highest BCUT2D eigenvalue weighted by Crippen LogP contribution is 2.16. The quantitative estimate of drug-likeness (QED) is 0.925. The molecule has 1 saturated heterocycles. The Balaban J connectivity index is 1.72. The van der Waals surface area contributed by atoms with Gasteiger partial charge < -0.3 is 5.32 Å². The van der Waals surface area contributed by atoms with Gasteiger partial charge in [0.15, 0.2) is 0 Å². The van der Waals surface area contributed by atoms with E-state index in [1.54, 1.807) is 23.2 Å². The minimum atomic E-state index is -0.0359. The van der Waals surface area contributed by atoms with E-state index in [0.29, 0.717) is 6.54 Å². The molecule has 1 fully saturated rings. The van der Waals surface area contributed by atoms with Crippen LogP contribution in [0, 0.1) is 0 Å². The van der Waals surface area contributed by atoms with Crippen LogP contribution < -0.4 is 11.0 Å². The summed E-state index contributed by atoms with van der Waals surface area (Å²) in [4.78, 5) is 26.7. The number of hydrogen-bond donors (Lipinski definition) is 1. The average molecular weight is 330 g/mol. The van der Waals surface area contributed by atoms with Crippen molar-refractivity contribution in [3.05, 3.63) is 34.2 Å². The van der Waals surface area contributed by atoms with Crippen LogP contribution in [0.1, 0.15) is 31.2 Å². The molecule has 0 saturated carbocycles. The Bertz CT molecular complexity index is 805. The van der Waals surface area contributed by atoms with Crippen molar-refractivity contribution < 1.29 is 4.79 Å². The Kier molecular flexibility index (Phi) is 4.76. The second-order valence-electron chi connectivity index (χ2n) is 6.79. The van der Waals surface area contributed by atoms with Crippen molar-refractivity contribution in [2.24, 2.45) is 14.1 Å². The van der Waals surface area contributed by atoms with Crippen molar-refractivity contribution in [1.29, 1.82) is 0 Å². The number of likely N-dealkylation sites (tertiary alicyclic amines) is 1. The van der Waals surface area contributed by atoms with Crippen molar-refractivity contribution in [2.45, 2.75) is 38.3 Å². The molecule has 1 aromatic carbocycles. The number of hydrogen-bond acceptors (Lipinski definition) is 3. The number of rotatable bonds is 3. The zero-order chi connectivity index (χ0) is 17.3. The van der Waals surface area contributed by atoms with Crippen molar-refractivity contribution >= 4 is 16.9 Å². The number of aryl methyl sites for hydroxylation is 2. The van der Waals surface area contributed by atoms with Crippen LogP contribution in [0.15, 0.2) is 23.0 Å². The maximum Gasteiger partial charge on any atom is 0.328 e. The Morgan fingerprint density at radius 2 is 1.88 bits per heavy atom. The van der Waals surface area contributed by atoms with Gasteiger partial charge in [-0.25, -0.2) is 4.79 Å². The molecule has 6 nitrogen and oxygen atoms in total. The third kappa shape index (κ3) is 3.11. The molecular weight excluding hydrogens is 304 g/mol. The van der Waals surface area contributed by atoms with E-state index in [4.69, 9.17) is 0 Å². The summed E-state index contributed by atoms with van der Waals surface area (Å²) in [7, 11) is 5.57. The number of benzene rings is 1. The van der Waals surface area contributed by atoms with Gasteiger partial charge in [-0.15, -0.1) is 0 Å². The summed E-state index contributed by atoms with van der Waals surface area (Å²) in [5, 5.41) is 3.06. The molecule has 1 aliphatic rings. The van der Waals surface area contributed by atoms with E-state index < -0.39 is 0 Å². The molecule has 0 bridgehead atoms. The predicted octanol–water partition coefficient (Wildman–Crippen LogP) is 1.37. The lowest BCUT2D eigenvalue weighted by Crippen LogP contribution is -2.44. The molecule has 1 aromatic heterocycles. The number of likely N-dealkylation sites (N-methyl/N-ethyl adjacent to an activating group) is 1. The summed E-state index contributed by atoms with van der Waals surface area (Å²) in [5.41, 5.74) is 2.77. The highest BCUT2D eigenvalue weighted by molar-refractivity contribution is 5.82. The lowest BCUT2D eigenvalue weighted by atomic mass is 10.1. The first-order chi connectivity index (χ1) is 11.5. The number of carbonyl (C=O) groups is 1. The lowest BCUT2D eigenvalue weighted by Gasteiger charge is -2.24. The van der Waals surface area contributed by atoms with Crippen molar-refractivity contribution in [3.8, 4) is 0 Å². The first-order valence-corrected chi connectivity index (χ1v) is 8.61. The van der Waals surface area contributed by atoms with Crippen molar-refractivity contribution in [2.75, 3.05) is 13.6 Å². The summed E-state index contributed by atoms with van der Waals surface area (Å²) >= 11 is 0. The molecule has 6 heteroatoms. The largest absolute Gasteiger partial charge is 0.351 e. The van der Waals surface area contributed by atoms with E-state index in [9.17, 15) is 9.59 Å². The first-order valence-electron chi connectivity index (χ1n) is 8.61. The van der Waals surface area contributed by atoms with Gasteiger partial charge in [-0.3, -0.25) is 18.8 Å². The van der Waals surface area contributed by atoms with Crippen LogP contribution in [0.2, 0.25) is 0 Å². The second-order valence-corrected chi connectivity index (χ2v) is 6.79. The van der Waals surface area contributed by atoms with E-state index >= 15 is 0 Å². The first kappa shape index (κ1) is 16.8. The fourth-order valence-corrected chi connectivity index (χ4v) is 3.55. The Labute approximate surface area is 142 Å². The molecule has 0 spiro atoms. The van der Waals surface area contributed by atoms with E-state index in [1.807, 2.05) is 25.2 Å². The van der Waals surface area contributed by atoms with Crippen LogP contribution in [-0.2, 0) is 25.4 Å². The summed E-state index contributed by atoms with van der Waals surface area (Å²) < 4.78 is 3.28. The molecule has 2 heterocycles. The normalized spacial score (nSPS) is 19.4. The topological polar surface area (TPSA) is 59.3 Å². The van der Waals surface area contributed by atoms with Crippen LogP contribution in [0.4, 0.5) is 0 Å². The Hall–Kier alpha value is -2.08. The molecule has 1 atom stereocenters. The zero-order valence-corrected chi connectivity index (χ0v) is 14.7. The number of aromatic nitrogens is 2. The van der Waals surface area contributed by atoms with Crippen LogP contribution in [0.25, 0.3) is 11.0 Å². The van der Waals surface area contributed by atoms with Crippen LogP contribution in [0.3, 0.4) is 0 Å². The van der Waals surface area contributed by atoms with Gasteiger partial charge in [-0.1, -0.05) is 18.9 Å². The maximum atomic E-state index is 12.5. The molecule has 3 rings (SSSR count). The van der Waals surface area contributed by atoms with Gasteiger partial charge in [0.05, 0.1) is 17.1 Å². The molecule has 1 aliphatic heterocycles. The van der Waals surface area contributed by atoms with Gasteiger partial charge in [-0.2, -0.15) is 0 Å². The highest BCUT2D eigenvalue weighted by atomic mass is 16.2. The number of imidazole rings is 1. The Morgan fingerprint density at radius 1 is 1.12 bits per heavy atom. The van der Waals surface area contributed by atoms with Crippen molar-refractivity contribution in [1.82, 2.24) is 19.4 Å². The molecule has 1 unspecified atom stereocenters. The maximum absolute atomic E-state index is 12.5. The summed E-state index contributed by atoms with van der Waals surface area (Å²) in [6.45, 7) is 1.47. The molecule has 2 aromatic rings. The summed E-state index contributed by atoms with van der Waals surface area (Å²) in [6.07, 6.45) is 4.40. The molecule has 0 radical (unpaired) electrons. The number of amides is 1. The number of nitrogens with one attached hydrogen (secondary N) is 1. The summed E-state index contributed by atoms with van der Waals surface area (Å²) in [6, 6.07) is 5.86. The van der Waals surface area contributed by atoms with Crippen LogP contribution in [0.5, 0.6) is 0 Å². The molecule has 1 amide bonds. The van der Waals surface area contributed by atoms with E-state index in [2.05, 4.69) is 10.2 Å². The number of fused-ring (bicyclic) bond motifs is 1. The molecule has 1 N–H and O–H groups in total. The fraction of sp³-hybridized carbons (Fsp3) is 0.556. The van der Waals surface area contributed by atoms with Gasteiger partial charge in [0.1, 0.15) is 0 Å². The number of nitrogens with zero attached hydrogens (tertiary/aromatic N) is 3. The van der Waals surface area contributed by atoms with Gasteiger partial charge in [0.2, 0.25) is 5.91 Å². The number of carbonyl (C=O) groups excluding carboxylic acids is 1. The fourth-order valence-electron chi connectivity index (χ4n) is 3.55. The van der Waals surface area contributed by atoms with Crippen molar-refractivity contribution in [3.63, 3.8) is 0 Å². The highest BCUT2D eigenvalue weighted by Gasteiger charge is 2.24. The standard InChI is InChI=1S/C18H26N4O2/c1-20-10-6-4-5-7-15(20)17(23)19-12-13-8-9-14-16(11-13)22(3)18(24)21(14)2/h8-9,11,15H,4-7,10,12H2,1-3H3,(H,19,23). The zero-order valence-electron chi connectivity index (χ0n) is 14.7. The molecular formula is C18H26N4O2. The minimum absolute atomic E-state index is 0.0303. The monoisotopic (exact) mass is 330 g/mol. The third-order valence-corrected chi connectivity index (χ3v) is 5.13. The second kappa shape index (κ2) is 6.81. The average Bonchev–Trinajstić information content (AvgIpc) is 2.75. The summed E-state index contributed by atoms with van der Waals surface area (Å²) in [5.74, 6) is 0.0986. The lowest BCUT2D eigenvalue weighted by molar-refractivity contribution is -0.126. The smallest absolute Gasteiger partial charge is 0.328 e.